The third kappa shape index (κ3) is 3.79. The molecule has 0 radical (unpaired) electrons. The number of nitrogens with one attached hydrogen (secondary N) is 1. The quantitative estimate of drug-likeness (QED) is 0.730. The number of hydrogen-bond donors (Lipinski definition) is 1. The van der Waals surface area contributed by atoms with E-state index in [1.807, 2.05) is 0 Å². The summed E-state index contributed by atoms with van der Waals surface area (Å²) in [6.07, 6.45) is -0.733. The smallest absolute Gasteiger partial charge is 0.428 e. The van der Waals surface area contributed by atoms with Crippen molar-refractivity contribution < 1.29 is 9.53 Å². The molecule has 0 saturated heterocycles. The van der Waals surface area contributed by atoms with Gasteiger partial charge in [0, 0.05) is 0 Å². The number of allylic oxidation sites excluding steroid dienone is 4. The Morgan fingerprint density at radius 1 is 1.06 bits per heavy atom. The summed E-state index contributed by atoms with van der Waals surface area (Å²) in [7, 11) is 0. The Hall–Kier alpha value is -0.420. The van der Waals surface area contributed by atoms with Crippen molar-refractivity contribution in [2.75, 3.05) is 0 Å². The number of halogens is 4. The highest BCUT2D eigenvalue weighted by atomic mass is 35.5. The third-order valence-corrected chi connectivity index (χ3v) is 3.43. The van der Waals surface area contributed by atoms with Gasteiger partial charge in [-0.2, -0.15) is 5.10 Å². The summed E-state index contributed by atoms with van der Waals surface area (Å²) >= 11 is 23.2. The Kier molecular flexibility index (Phi) is 4.95. The van der Waals surface area contributed by atoms with E-state index in [1.165, 1.54) is 0 Å². The largest absolute Gasteiger partial charge is 0.443 e. The second kappa shape index (κ2) is 5.70. The molecular formula is C10H10Cl4N2O2. The number of carbonyl (C=O) groups excluding carboxylic acids is 1. The zero-order chi connectivity index (χ0) is 14.1. The second-order valence-corrected chi connectivity index (χ2v) is 5.84. The summed E-state index contributed by atoms with van der Waals surface area (Å²) in [5, 5.41) is 4.04. The van der Waals surface area contributed by atoms with E-state index in [0.29, 0.717) is 0 Å². The molecule has 18 heavy (non-hydrogen) atoms. The van der Waals surface area contributed by atoms with Crippen LogP contribution in [0.5, 0.6) is 0 Å². The molecule has 0 heterocycles. The minimum atomic E-state index is -0.733. The zero-order valence-corrected chi connectivity index (χ0v) is 12.8. The molecule has 0 aromatic heterocycles. The molecule has 0 bridgehead atoms. The molecule has 0 aromatic carbocycles. The highest BCUT2D eigenvalue weighted by Gasteiger charge is 2.27. The van der Waals surface area contributed by atoms with Crippen molar-refractivity contribution in [3.63, 3.8) is 0 Å². The summed E-state index contributed by atoms with van der Waals surface area (Å²) in [6.45, 7) is 5.17. The van der Waals surface area contributed by atoms with Crippen LogP contribution in [0.4, 0.5) is 4.79 Å². The van der Waals surface area contributed by atoms with E-state index in [2.05, 4.69) is 10.5 Å². The molecule has 0 spiro atoms. The maximum Gasteiger partial charge on any atom is 0.428 e. The highest BCUT2D eigenvalue weighted by Crippen LogP contribution is 2.39. The predicted octanol–water partition coefficient (Wildman–Crippen LogP) is 4.26. The van der Waals surface area contributed by atoms with Gasteiger partial charge in [-0.05, 0) is 20.8 Å². The van der Waals surface area contributed by atoms with Crippen molar-refractivity contribution in [2.45, 2.75) is 26.4 Å². The van der Waals surface area contributed by atoms with E-state index in [0.717, 1.165) is 0 Å². The van der Waals surface area contributed by atoms with Crippen LogP contribution < -0.4 is 5.43 Å². The molecule has 0 atom stereocenters. The van der Waals surface area contributed by atoms with Crippen LogP contribution in [0.15, 0.2) is 25.2 Å². The number of hydrogen-bond acceptors (Lipinski definition) is 3. The van der Waals surface area contributed by atoms with Crippen LogP contribution in [0.25, 0.3) is 0 Å². The average molecular weight is 332 g/mol. The first-order valence-electron chi connectivity index (χ1n) is 4.82. The summed E-state index contributed by atoms with van der Waals surface area (Å²) in [4.78, 5) is 11.4. The average Bonchev–Trinajstić information content (AvgIpc) is 2.39. The lowest BCUT2D eigenvalue weighted by Gasteiger charge is -2.18. The van der Waals surface area contributed by atoms with E-state index < -0.39 is 11.7 Å². The van der Waals surface area contributed by atoms with Crippen molar-refractivity contribution in [3.05, 3.63) is 20.1 Å². The van der Waals surface area contributed by atoms with Crippen molar-refractivity contribution in [3.8, 4) is 0 Å². The number of hydrazone groups is 1. The predicted molar refractivity (Wildman–Crippen MR) is 74.3 cm³/mol. The first-order valence-corrected chi connectivity index (χ1v) is 6.33. The molecule has 100 valence electrons. The fourth-order valence-electron chi connectivity index (χ4n) is 0.998. The van der Waals surface area contributed by atoms with Crippen LogP contribution >= 0.6 is 46.4 Å². The molecule has 1 rings (SSSR count). The summed E-state index contributed by atoms with van der Waals surface area (Å²) < 4.78 is 4.98. The van der Waals surface area contributed by atoms with E-state index in [-0.39, 0.29) is 25.8 Å². The van der Waals surface area contributed by atoms with Gasteiger partial charge in [-0.25, -0.2) is 10.2 Å². The third-order valence-electron chi connectivity index (χ3n) is 1.65. The first-order chi connectivity index (χ1) is 8.13. The van der Waals surface area contributed by atoms with Crippen LogP contribution in [-0.2, 0) is 4.74 Å². The summed E-state index contributed by atoms with van der Waals surface area (Å²) in [5.74, 6) is 0. The van der Waals surface area contributed by atoms with E-state index in [4.69, 9.17) is 51.1 Å². The minimum Gasteiger partial charge on any atom is -0.443 e. The molecule has 0 fully saturated rings. The molecule has 1 amide bonds. The van der Waals surface area contributed by atoms with Crippen LogP contribution in [0.3, 0.4) is 0 Å². The van der Waals surface area contributed by atoms with Gasteiger partial charge >= 0.3 is 6.09 Å². The minimum absolute atomic E-state index is 0.0720. The van der Waals surface area contributed by atoms with Gasteiger partial charge in [0.2, 0.25) is 0 Å². The molecular weight excluding hydrogens is 322 g/mol. The maximum absolute atomic E-state index is 11.4. The number of ether oxygens (including phenoxy) is 1. The molecule has 0 aliphatic heterocycles. The van der Waals surface area contributed by atoms with Crippen molar-refractivity contribution in [1.29, 1.82) is 0 Å². The molecule has 0 unspecified atom stereocenters. The van der Waals surface area contributed by atoms with Crippen LogP contribution in [0.2, 0.25) is 0 Å². The monoisotopic (exact) mass is 330 g/mol. The SMILES string of the molecule is CC(C)(C)OC(=O)NN=C1C(Cl)=C(Cl)C(Cl)=C1Cl. The van der Waals surface area contributed by atoms with Crippen LogP contribution in [0.1, 0.15) is 20.8 Å². The van der Waals surface area contributed by atoms with Gasteiger partial charge in [0.15, 0.2) is 0 Å². The molecule has 0 aromatic rings. The summed E-state index contributed by atoms with van der Waals surface area (Å²) in [5.41, 5.74) is 1.62. The fourth-order valence-corrected chi connectivity index (χ4v) is 1.97. The van der Waals surface area contributed by atoms with Gasteiger partial charge < -0.3 is 4.74 Å². The molecule has 8 heteroatoms. The Morgan fingerprint density at radius 2 is 1.50 bits per heavy atom. The van der Waals surface area contributed by atoms with Gasteiger partial charge in [0.25, 0.3) is 0 Å². The van der Waals surface area contributed by atoms with E-state index in [9.17, 15) is 4.79 Å². The van der Waals surface area contributed by atoms with Gasteiger partial charge in [0.1, 0.15) is 11.3 Å². The highest BCUT2D eigenvalue weighted by molar-refractivity contribution is 6.66. The molecule has 1 aliphatic rings. The molecule has 0 saturated carbocycles. The van der Waals surface area contributed by atoms with Gasteiger partial charge in [-0.1, -0.05) is 46.4 Å². The first kappa shape index (κ1) is 15.6. The van der Waals surface area contributed by atoms with Crippen LogP contribution in [-0.4, -0.2) is 17.4 Å². The number of amides is 1. The van der Waals surface area contributed by atoms with E-state index in [1.54, 1.807) is 20.8 Å². The van der Waals surface area contributed by atoms with Gasteiger partial charge in [0.05, 0.1) is 20.1 Å². The maximum atomic E-state index is 11.4. The Labute approximate surface area is 125 Å². The molecule has 1 N–H and O–H groups in total. The fraction of sp³-hybridized carbons (Fsp3) is 0.400. The van der Waals surface area contributed by atoms with Crippen molar-refractivity contribution >= 4 is 58.2 Å². The van der Waals surface area contributed by atoms with Crippen molar-refractivity contribution in [2.24, 2.45) is 5.10 Å². The van der Waals surface area contributed by atoms with Gasteiger partial charge in [-0.3, -0.25) is 0 Å². The number of nitrogens with zero attached hydrogens (tertiary/aromatic N) is 1. The normalized spacial score (nSPS) is 16.3. The lowest BCUT2D eigenvalue weighted by atomic mass is 10.2. The standard InChI is InChI=1S/C10H10Cl4N2O2/c1-10(2,3)18-9(17)16-15-8-6(13)4(11)5(12)7(8)14/h1-3H3,(H,16,17). The zero-order valence-electron chi connectivity index (χ0n) is 9.78. The topological polar surface area (TPSA) is 50.7 Å². The number of rotatable bonds is 1. The lowest BCUT2D eigenvalue weighted by molar-refractivity contribution is 0.0529. The van der Waals surface area contributed by atoms with Crippen molar-refractivity contribution in [1.82, 2.24) is 5.43 Å². The van der Waals surface area contributed by atoms with Crippen LogP contribution in [0, 0.1) is 0 Å². The molecule has 4 nitrogen and oxygen atoms in total. The lowest BCUT2D eigenvalue weighted by Crippen LogP contribution is -2.30. The number of carbonyl (C=O) groups is 1. The summed E-state index contributed by atoms with van der Waals surface area (Å²) in [6, 6.07) is 0. The van der Waals surface area contributed by atoms with Gasteiger partial charge in [-0.15, -0.1) is 0 Å². The Bertz CT molecular complexity index is 449. The Morgan fingerprint density at radius 3 is 1.89 bits per heavy atom. The van der Waals surface area contributed by atoms with E-state index >= 15 is 0 Å². The molecule has 1 aliphatic carbocycles. The second-order valence-electron chi connectivity index (χ2n) is 4.33. The Balaban J connectivity index is 2.79.